The predicted molar refractivity (Wildman–Crippen MR) is 157 cm³/mol. The van der Waals surface area contributed by atoms with Crippen LogP contribution in [0, 0.1) is 34.5 Å². The molecule has 6 nitrogen and oxygen atoms in total. The molecule has 0 radical (unpaired) electrons. The number of allylic oxidation sites excluding steroid dienone is 3. The summed E-state index contributed by atoms with van der Waals surface area (Å²) < 4.78 is 15.8. The molecule has 0 saturated heterocycles. The van der Waals surface area contributed by atoms with Crippen molar-refractivity contribution < 1.29 is 28.6 Å². The Morgan fingerprint density at radius 1 is 1.00 bits per heavy atom. The number of hydrogen-bond acceptors (Lipinski definition) is 6. The molecule has 0 aromatic carbocycles. The molecule has 3 fully saturated rings. The topological polar surface area (TPSA) is 78.9 Å². The Hall–Kier alpha value is -2.11. The van der Waals surface area contributed by atoms with Crippen LogP contribution in [-0.2, 0) is 28.6 Å². The number of rotatable bonds is 11. The third kappa shape index (κ3) is 10.4. The molecular formula is C34H54O6. The maximum atomic E-state index is 11.7. The van der Waals surface area contributed by atoms with Crippen molar-refractivity contribution in [1.82, 2.24) is 0 Å². The van der Waals surface area contributed by atoms with E-state index in [-0.39, 0.29) is 41.9 Å². The first kappa shape index (κ1) is 32.4. The Morgan fingerprint density at radius 3 is 2.15 bits per heavy atom. The van der Waals surface area contributed by atoms with Crippen LogP contribution in [0.4, 0.5) is 0 Å². The summed E-state index contributed by atoms with van der Waals surface area (Å²) in [7, 11) is 0. The van der Waals surface area contributed by atoms with E-state index in [0.717, 1.165) is 44.9 Å². The molecule has 0 spiro atoms. The van der Waals surface area contributed by atoms with Crippen LogP contribution in [0.5, 0.6) is 0 Å². The number of carbonyl (C=O) groups is 3. The Morgan fingerprint density at radius 2 is 1.60 bits per heavy atom. The molecule has 0 aromatic heterocycles. The average Bonchev–Trinajstić information content (AvgIpc) is 3.79. The van der Waals surface area contributed by atoms with E-state index < -0.39 is 5.97 Å². The van der Waals surface area contributed by atoms with Crippen molar-refractivity contribution in [3.8, 4) is 0 Å². The molecule has 0 aliphatic heterocycles. The van der Waals surface area contributed by atoms with Gasteiger partial charge in [0.1, 0.15) is 6.10 Å². The number of esters is 3. The minimum atomic E-state index is -0.421. The summed E-state index contributed by atoms with van der Waals surface area (Å²) in [6.07, 6.45) is 11.7. The van der Waals surface area contributed by atoms with E-state index in [4.69, 9.17) is 14.2 Å². The molecule has 226 valence electrons. The van der Waals surface area contributed by atoms with Crippen molar-refractivity contribution >= 4 is 17.9 Å². The quantitative estimate of drug-likeness (QED) is 0.147. The number of carbonyl (C=O) groups excluding carboxylic acids is 3. The molecule has 6 heteroatoms. The van der Waals surface area contributed by atoms with Crippen molar-refractivity contribution in [3.05, 3.63) is 23.3 Å². The fourth-order valence-electron chi connectivity index (χ4n) is 6.14. The highest BCUT2D eigenvalue weighted by Gasteiger charge is 2.35. The molecule has 0 amide bonds. The highest BCUT2D eigenvalue weighted by Crippen LogP contribution is 2.43. The maximum Gasteiger partial charge on any atom is 0.344 e. The summed E-state index contributed by atoms with van der Waals surface area (Å²) in [4.78, 5) is 34.7. The van der Waals surface area contributed by atoms with E-state index in [1.165, 1.54) is 42.4 Å². The predicted octanol–water partition coefficient (Wildman–Crippen LogP) is 7.75. The van der Waals surface area contributed by atoms with E-state index in [1.54, 1.807) is 0 Å². The van der Waals surface area contributed by atoms with Gasteiger partial charge in [-0.2, -0.15) is 0 Å². The van der Waals surface area contributed by atoms with Gasteiger partial charge in [-0.3, -0.25) is 9.59 Å². The van der Waals surface area contributed by atoms with E-state index in [0.29, 0.717) is 23.9 Å². The highest BCUT2D eigenvalue weighted by atomic mass is 16.6. The van der Waals surface area contributed by atoms with Gasteiger partial charge < -0.3 is 14.2 Å². The zero-order valence-electron chi connectivity index (χ0n) is 26.2. The van der Waals surface area contributed by atoms with Gasteiger partial charge in [0.05, 0.1) is 18.4 Å². The Bertz CT molecular complexity index is 965. The van der Waals surface area contributed by atoms with Crippen LogP contribution in [0.15, 0.2) is 23.3 Å². The van der Waals surface area contributed by atoms with Crippen molar-refractivity contribution in [2.75, 3.05) is 13.2 Å². The summed E-state index contributed by atoms with van der Waals surface area (Å²) in [5.74, 6) is 0.506. The first-order chi connectivity index (χ1) is 18.7. The van der Waals surface area contributed by atoms with Gasteiger partial charge in [-0.15, -0.1) is 0 Å². The molecule has 0 aromatic rings. The van der Waals surface area contributed by atoms with Gasteiger partial charge in [0, 0.05) is 11.3 Å². The van der Waals surface area contributed by atoms with Crippen LogP contribution < -0.4 is 0 Å². The summed E-state index contributed by atoms with van der Waals surface area (Å²) in [5, 5.41) is 0. The lowest BCUT2D eigenvalue weighted by Crippen LogP contribution is -2.33. The second-order valence-electron chi connectivity index (χ2n) is 14.6. The molecule has 0 heterocycles. The Kier molecular flexibility index (Phi) is 11.1. The summed E-state index contributed by atoms with van der Waals surface area (Å²) >= 11 is 0. The van der Waals surface area contributed by atoms with Gasteiger partial charge in [-0.1, -0.05) is 57.4 Å². The van der Waals surface area contributed by atoms with Crippen molar-refractivity contribution in [1.29, 1.82) is 0 Å². The Labute approximate surface area is 242 Å². The van der Waals surface area contributed by atoms with Crippen molar-refractivity contribution in [2.45, 2.75) is 125 Å². The monoisotopic (exact) mass is 558 g/mol. The third-order valence-electron chi connectivity index (χ3n) is 9.02. The number of ether oxygens (including phenoxy) is 3. The second kappa shape index (κ2) is 13.7. The molecule has 4 rings (SSSR count). The minimum absolute atomic E-state index is 0.00616. The minimum Gasteiger partial charge on any atom is -0.465 e. The lowest BCUT2D eigenvalue weighted by molar-refractivity contribution is -0.165. The molecule has 4 aliphatic carbocycles. The van der Waals surface area contributed by atoms with Gasteiger partial charge in [0.2, 0.25) is 0 Å². The van der Waals surface area contributed by atoms with Crippen LogP contribution in [0.25, 0.3) is 0 Å². The van der Waals surface area contributed by atoms with Gasteiger partial charge >= 0.3 is 17.9 Å². The molecule has 3 saturated carbocycles. The van der Waals surface area contributed by atoms with E-state index in [9.17, 15) is 14.4 Å². The van der Waals surface area contributed by atoms with E-state index in [1.807, 2.05) is 6.92 Å². The van der Waals surface area contributed by atoms with Gasteiger partial charge in [0.25, 0.3) is 0 Å². The molecule has 4 aliphatic rings. The smallest absolute Gasteiger partial charge is 0.344 e. The maximum absolute atomic E-state index is 11.7. The molecule has 3 unspecified atom stereocenters. The summed E-state index contributed by atoms with van der Waals surface area (Å²) in [5.41, 5.74) is 4.66. The Balaban J connectivity index is 0.000000220. The molecule has 40 heavy (non-hydrogen) atoms. The van der Waals surface area contributed by atoms with Crippen LogP contribution >= 0.6 is 0 Å². The largest absolute Gasteiger partial charge is 0.465 e. The standard InChI is InChI=1S/C18H28O2.C16H26O4/c1-12(2)15-9-6-13(3)16(15)10-18(4,5)11-20-17(19)14-7-8-14;1-11(13-5-4-8-16(2,3)9-13)20-14(17)10-19-15(18)12-6-7-12/h14-15H,1,6-11H2,2-5H3;11-13H,4-10H2,1-3H3. The first-order valence-electron chi connectivity index (χ1n) is 15.5. The molecule has 3 atom stereocenters. The zero-order chi connectivity index (χ0) is 29.7. The fourth-order valence-corrected chi connectivity index (χ4v) is 6.14. The van der Waals surface area contributed by atoms with E-state index >= 15 is 0 Å². The zero-order valence-corrected chi connectivity index (χ0v) is 26.2. The normalized spacial score (nSPS) is 24.9. The summed E-state index contributed by atoms with van der Waals surface area (Å²) in [6.45, 7) is 19.7. The first-order valence-corrected chi connectivity index (χ1v) is 15.5. The van der Waals surface area contributed by atoms with Gasteiger partial charge in [-0.05, 0) is 96.3 Å². The van der Waals surface area contributed by atoms with Crippen molar-refractivity contribution in [3.63, 3.8) is 0 Å². The lowest BCUT2D eigenvalue weighted by atomic mass is 9.71. The van der Waals surface area contributed by atoms with Crippen LogP contribution in [0.3, 0.4) is 0 Å². The van der Waals surface area contributed by atoms with Crippen molar-refractivity contribution in [2.24, 2.45) is 34.5 Å². The average molecular weight is 559 g/mol. The van der Waals surface area contributed by atoms with Gasteiger partial charge in [0.15, 0.2) is 6.61 Å². The van der Waals surface area contributed by atoms with Crippen LogP contribution in [-0.4, -0.2) is 37.2 Å². The SMILES string of the molecule is C=C(C)C1CCC(C)=C1CC(C)(C)COC(=O)C1CC1.CC(OC(=O)COC(=O)C1CC1)C1CCCC(C)(C)C1. The highest BCUT2D eigenvalue weighted by molar-refractivity contribution is 5.79. The molecule has 0 bridgehead atoms. The lowest BCUT2D eigenvalue weighted by Gasteiger charge is -2.37. The van der Waals surface area contributed by atoms with Gasteiger partial charge in [-0.25, -0.2) is 4.79 Å². The van der Waals surface area contributed by atoms with Crippen LogP contribution in [0.2, 0.25) is 0 Å². The molecule has 0 N–H and O–H groups in total. The summed E-state index contributed by atoms with van der Waals surface area (Å²) in [6, 6.07) is 0. The fraction of sp³-hybridized carbons (Fsp3) is 0.794. The molecular weight excluding hydrogens is 504 g/mol. The number of hydrogen-bond donors (Lipinski definition) is 0. The second-order valence-corrected chi connectivity index (χ2v) is 14.6. The van der Waals surface area contributed by atoms with Crippen LogP contribution in [0.1, 0.15) is 119 Å². The third-order valence-corrected chi connectivity index (χ3v) is 9.02. The van der Waals surface area contributed by atoms with E-state index in [2.05, 4.69) is 48.1 Å².